The standard InChI is InChI=1S/C28H34N2O4S/c1-3-35(33,34)25-11-8-21(9-12-25)10-13-26(31)29-18-24-17-23(29)19-30(24)27(32)28(14-5-15-28)22-7-4-6-20(2)16-22/h4,6-9,11-12,16,23-24H,3,5,10,13-15,17-19H2,1-2H3/t23-,24-/m0/s1. The van der Waals surface area contributed by atoms with Crippen molar-refractivity contribution < 1.29 is 18.0 Å². The van der Waals surface area contributed by atoms with Gasteiger partial charge in [-0.25, -0.2) is 8.42 Å². The third-order valence-electron chi connectivity index (χ3n) is 8.30. The fourth-order valence-corrected chi connectivity index (χ4v) is 6.90. The lowest BCUT2D eigenvalue weighted by Gasteiger charge is -2.46. The van der Waals surface area contributed by atoms with Crippen molar-refractivity contribution in [1.82, 2.24) is 9.80 Å². The number of nitrogens with zero attached hydrogens (tertiary/aromatic N) is 2. The van der Waals surface area contributed by atoms with E-state index in [0.29, 0.717) is 30.8 Å². The normalized spacial score (nSPS) is 22.8. The number of fused-ring (bicyclic) bond motifs is 2. The molecule has 2 saturated heterocycles. The fraction of sp³-hybridized carbons (Fsp3) is 0.500. The van der Waals surface area contributed by atoms with Crippen LogP contribution in [0, 0.1) is 6.92 Å². The number of sulfone groups is 1. The number of hydrogen-bond acceptors (Lipinski definition) is 4. The maximum atomic E-state index is 13.7. The van der Waals surface area contributed by atoms with Gasteiger partial charge >= 0.3 is 0 Å². The van der Waals surface area contributed by atoms with Gasteiger partial charge in [-0.1, -0.05) is 55.3 Å². The molecule has 2 aliphatic heterocycles. The van der Waals surface area contributed by atoms with E-state index in [2.05, 4.69) is 30.0 Å². The van der Waals surface area contributed by atoms with Gasteiger partial charge in [0.15, 0.2) is 9.84 Å². The molecule has 2 aromatic carbocycles. The van der Waals surface area contributed by atoms with Gasteiger partial charge in [-0.3, -0.25) is 9.59 Å². The summed E-state index contributed by atoms with van der Waals surface area (Å²) in [5, 5.41) is 0. The molecule has 35 heavy (non-hydrogen) atoms. The van der Waals surface area contributed by atoms with E-state index in [0.717, 1.165) is 36.8 Å². The number of aryl methyl sites for hydroxylation is 2. The van der Waals surface area contributed by atoms with Crippen LogP contribution < -0.4 is 0 Å². The first kappa shape index (κ1) is 24.0. The molecule has 0 spiro atoms. The summed E-state index contributed by atoms with van der Waals surface area (Å²) < 4.78 is 24.0. The molecular weight excluding hydrogens is 460 g/mol. The molecule has 2 amide bonds. The van der Waals surface area contributed by atoms with Gasteiger partial charge in [-0.05, 0) is 55.9 Å². The van der Waals surface area contributed by atoms with Gasteiger partial charge in [0.25, 0.3) is 0 Å². The second-order valence-corrected chi connectivity index (χ2v) is 12.7. The smallest absolute Gasteiger partial charge is 0.233 e. The number of carbonyl (C=O) groups excluding carboxylic acids is 2. The van der Waals surface area contributed by atoms with Crippen LogP contribution in [0.2, 0.25) is 0 Å². The van der Waals surface area contributed by atoms with Gasteiger partial charge < -0.3 is 9.80 Å². The first-order valence-electron chi connectivity index (χ1n) is 12.7. The van der Waals surface area contributed by atoms with Crippen molar-refractivity contribution >= 4 is 21.7 Å². The number of amides is 2. The maximum absolute atomic E-state index is 13.7. The Bertz CT molecular complexity index is 1230. The number of hydrogen-bond donors (Lipinski definition) is 0. The van der Waals surface area contributed by atoms with Crippen molar-refractivity contribution in [3.8, 4) is 0 Å². The Kier molecular flexibility index (Phi) is 6.24. The highest BCUT2D eigenvalue weighted by Crippen LogP contribution is 2.47. The molecule has 1 saturated carbocycles. The zero-order valence-corrected chi connectivity index (χ0v) is 21.4. The van der Waals surface area contributed by atoms with Gasteiger partial charge in [-0.15, -0.1) is 0 Å². The minimum atomic E-state index is -3.21. The molecule has 2 aromatic rings. The van der Waals surface area contributed by atoms with Crippen LogP contribution in [0.4, 0.5) is 0 Å². The molecule has 1 aliphatic carbocycles. The highest BCUT2D eigenvalue weighted by molar-refractivity contribution is 7.91. The van der Waals surface area contributed by atoms with Gasteiger partial charge in [0.1, 0.15) is 0 Å². The van der Waals surface area contributed by atoms with E-state index in [1.807, 2.05) is 11.0 Å². The summed E-state index contributed by atoms with van der Waals surface area (Å²) >= 11 is 0. The van der Waals surface area contributed by atoms with Crippen molar-refractivity contribution in [3.05, 3.63) is 65.2 Å². The van der Waals surface area contributed by atoms with Crippen LogP contribution in [-0.2, 0) is 31.3 Å². The van der Waals surface area contributed by atoms with Gasteiger partial charge in [0.2, 0.25) is 11.8 Å². The van der Waals surface area contributed by atoms with Crippen LogP contribution in [0.5, 0.6) is 0 Å². The SMILES string of the molecule is CCS(=O)(=O)c1ccc(CCC(=O)N2C[C@@H]3C[C@H]2CN3C(=O)C2(c3cccc(C)c3)CCC2)cc1. The van der Waals surface area contributed by atoms with Crippen molar-refractivity contribution in [3.63, 3.8) is 0 Å². The topological polar surface area (TPSA) is 74.8 Å². The van der Waals surface area contributed by atoms with E-state index in [1.54, 1.807) is 31.2 Å². The first-order chi connectivity index (χ1) is 16.7. The minimum absolute atomic E-state index is 0.0774. The Labute approximate surface area is 208 Å². The van der Waals surface area contributed by atoms with Crippen LogP contribution >= 0.6 is 0 Å². The summed E-state index contributed by atoms with van der Waals surface area (Å²) in [7, 11) is -3.21. The van der Waals surface area contributed by atoms with Crippen LogP contribution in [0.25, 0.3) is 0 Å². The van der Waals surface area contributed by atoms with Gasteiger partial charge in [0.05, 0.1) is 28.1 Å². The summed E-state index contributed by atoms with van der Waals surface area (Å²) in [6.45, 7) is 4.96. The average molecular weight is 495 g/mol. The molecule has 186 valence electrons. The van der Waals surface area contributed by atoms with Gasteiger partial charge in [0, 0.05) is 19.5 Å². The van der Waals surface area contributed by atoms with Crippen LogP contribution in [0.1, 0.15) is 55.7 Å². The van der Waals surface area contributed by atoms with E-state index >= 15 is 0 Å². The Balaban J connectivity index is 1.19. The molecule has 3 fully saturated rings. The zero-order chi connectivity index (χ0) is 24.8. The summed E-state index contributed by atoms with van der Waals surface area (Å²) in [6, 6.07) is 15.4. The third-order valence-corrected chi connectivity index (χ3v) is 10.0. The third kappa shape index (κ3) is 4.28. The van der Waals surface area contributed by atoms with Crippen molar-refractivity contribution in [2.45, 2.75) is 74.8 Å². The van der Waals surface area contributed by atoms with Gasteiger partial charge in [-0.2, -0.15) is 0 Å². The Morgan fingerprint density at radius 2 is 1.69 bits per heavy atom. The lowest BCUT2D eigenvalue weighted by Crippen LogP contribution is -2.57. The monoisotopic (exact) mass is 494 g/mol. The van der Waals surface area contributed by atoms with Crippen molar-refractivity contribution in [1.29, 1.82) is 0 Å². The maximum Gasteiger partial charge on any atom is 0.233 e. The first-order valence-corrected chi connectivity index (χ1v) is 14.4. The molecule has 0 radical (unpaired) electrons. The van der Waals surface area contributed by atoms with E-state index in [-0.39, 0.29) is 35.1 Å². The van der Waals surface area contributed by atoms with E-state index in [1.165, 1.54) is 5.56 Å². The summed E-state index contributed by atoms with van der Waals surface area (Å²) in [4.78, 5) is 31.1. The molecule has 0 N–H and O–H groups in total. The number of carbonyl (C=O) groups is 2. The number of likely N-dealkylation sites (tertiary alicyclic amines) is 2. The number of benzene rings is 2. The van der Waals surface area contributed by atoms with Crippen molar-refractivity contribution in [2.75, 3.05) is 18.8 Å². The number of rotatable bonds is 7. The quantitative estimate of drug-likeness (QED) is 0.589. The molecular formula is C28H34N2O4S. The Morgan fingerprint density at radius 3 is 2.26 bits per heavy atom. The predicted molar refractivity (Wildman–Crippen MR) is 135 cm³/mol. The van der Waals surface area contributed by atoms with Crippen LogP contribution in [-0.4, -0.2) is 61.0 Å². The van der Waals surface area contributed by atoms with E-state index in [9.17, 15) is 18.0 Å². The number of piperazine rings is 1. The second-order valence-electron chi connectivity index (χ2n) is 10.4. The molecule has 0 aromatic heterocycles. The molecule has 3 aliphatic rings. The van der Waals surface area contributed by atoms with E-state index < -0.39 is 9.84 Å². The largest absolute Gasteiger partial charge is 0.336 e. The van der Waals surface area contributed by atoms with Crippen LogP contribution in [0.3, 0.4) is 0 Å². The lowest BCUT2D eigenvalue weighted by atomic mass is 9.63. The zero-order valence-electron chi connectivity index (χ0n) is 20.6. The lowest BCUT2D eigenvalue weighted by molar-refractivity contribution is -0.146. The Morgan fingerprint density at radius 1 is 1.00 bits per heavy atom. The molecule has 5 rings (SSSR count). The Hall–Kier alpha value is -2.67. The average Bonchev–Trinajstić information content (AvgIpc) is 3.43. The molecule has 6 nitrogen and oxygen atoms in total. The predicted octanol–water partition coefficient (Wildman–Crippen LogP) is 3.65. The molecule has 2 atom stereocenters. The van der Waals surface area contributed by atoms with Crippen LogP contribution in [0.15, 0.2) is 53.4 Å². The molecule has 7 heteroatoms. The molecule has 2 bridgehead atoms. The van der Waals surface area contributed by atoms with Crippen molar-refractivity contribution in [2.24, 2.45) is 0 Å². The van der Waals surface area contributed by atoms with E-state index in [4.69, 9.17) is 0 Å². The molecule has 0 unspecified atom stereocenters. The molecule has 2 heterocycles. The summed E-state index contributed by atoms with van der Waals surface area (Å²) in [6.07, 6.45) is 4.74. The second kappa shape index (κ2) is 9.08. The summed E-state index contributed by atoms with van der Waals surface area (Å²) in [5.41, 5.74) is 2.90. The highest BCUT2D eigenvalue weighted by Gasteiger charge is 2.54. The minimum Gasteiger partial charge on any atom is -0.336 e. The fourth-order valence-electron chi connectivity index (χ4n) is 6.02. The highest BCUT2D eigenvalue weighted by atomic mass is 32.2. The summed E-state index contributed by atoms with van der Waals surface area (Å²) in [5.74, 6) is 0.441.